The molecule has 1 fully saturated rings. The van der Waals surface area contributed by atoms with Gasteiger partial charge >= 0.3 is 6.03 Å². The summed E-state index contributed by atoms with van der Waals surface area (Å²) in [6.45, 7) is 2.61. The molecule has 1 saturated heterocycles. The van der Waals surface area contributed by atoms with Gasteiger partial charge in [0.2, 0.25) is 0 Å². The van der Waals surface area contributed by atoms with E-state index < -0.39 is 0 Å². The summed E-state index contributed by atoms with van der Waals surface area (Å²) in [7, 11) is 1.63. The van der Waals surface area contributed by atoms with Crippen molar-refractivity contribution in [1.29, 1.82) is 0 Å². The Hall–Kier alpha value is -1.56. The molecule has 3 amide bonds. The van der Waals surface area contributed by atoms with Crippen molar-refractivity contribution < 1.29 is 9.59 Å². The van der Waals surface area contributed by atoms with Crippen molar-refractivity contribution in [2.24, 2.45) is 0 Å². The Morgan fingerprint density at radius 3 is 2.61 bits per heavy atom. The Labute approximate surface area is 110 Å². The van der Waals surface area contributed by atoms with Crippen LogP contribution in [0.15, 0.2) is 17.5 Å². The van der Waals surface area contributed by atoms with E-state index in [1.807, 2.05) is 22.4 Å². The maximum absolute atomic E-state index is 12.2. The van der Waals surface area contributed by atoms with Gasteiger partial charge in [0.05, 0.1) is 4.88 Å². The predicted molar refractivity (Wildman–Crippen MR) is 70.9 cm³/mol. The highest BCUT2D eigenvalue weighted by Gasteiger charge is 2.22. The van der Waals surface area contributed by atoms with Crippen LogP contribution in [0.5, 0.6) is 0 Å². The monoisotopic (exact) mass is 267 g/mol. The number of nitrogens with zero attached hydrogens (tertiary/aromatic N) is 2. The van der Waals surface area contributed by atoms with Gasteiger partial charge in [0.1, 0.15) is 0 Å². The van der Waals surface area contributed by atoms with Crippen molar-refractivity contribution in [3.8, 4) is 0 Å². The zero-order valence-electron chi connectivity index (χ0n) is 10.4. The van der Waals surface area contributed by atoms with Crippen LogP contribution in [0.4, 0.5) is 4.79 Å². The predicted octanol–water partition coefficient (Wildman–Crippen LogP) is 1.24. The first kappa shape index (κ1) is 12.9. The van der Waals surface area contributed by atoms with Crippen LogP contribution in [0, 0.1) is 0 Å². The summed E-state index contributed by atoms with van der Waals surface area (Å²) in [6.07, 6.45) is 0.824. The van der Waals surface area contributed by atoms with Crippen LogP contribution in [0.3, 0.4) is 0 Å². The highest BCUT2D eigenvalue weighted by atomic mass is 32.1. The molecule has 1 aliphatic heterocycles. The maximum atomic E-state index is 12.2. The lowest BCUT2D eigenvalue weighted by molar-refractivity contribution is 0.0767. The normalized spacial score (nSPS) is 16.3. The first-order valence-corrected chi connectivity index (χ1v) is 6.90. The molecule has 5 nitrogen and oxygen atoms in total. The summed E-state index contributed by atoms with van der Waals surface area (Å²) in [5.41, 5.74) is 0. The van der Waals surface area contributed by atoms with Crippen molar-refractivity contribution in [1.82, 2.24) is 15.1 Å². The summed E-state index contributed by atoms with van der Waals surface area (Å²) in [4.78, 5) is 28.1. The van der Waals surface area contributed by atoms with E-state index in [1.165, 1.54) is 11.3 Å². The van der Waals surface area contributed by atoms with E-state index in [0.29, 0.717) is 26.2 Å². The van der Waals surface area contributed by atoms with Crippen LogP contribution in [0.25, 0.3) is 0 Å². The molecule has 0 aromatic carbocycles. The van der Waals surface area contributed by atoms with Gasteiger partial charge in [0.15, 0.2) is 0 Å². The minimum absolute atomic E-state index is 0.0691. The Kier molecular flexibility index (Phi) is 4.19. The minimum atomic E-state index is -0.0691. The summed E-state index contributed by atoms with van der Waals surface area (Å²) in [5, 5.41) is 4.52. The first-order valence-electron chi connectivity index (χ1n) is 6.02. The molecule has 1 aromatic rings. The molecule has 0 bridgehead atoms. The lowest BCUT2D eigenvalue weighted by Gasteiger charge is -2.21. The molecule has 0 spiro atoms. The molecule has 1 aromatic heterocycles. The number of carbonyl (C=O) groups is 2. The molecule has 1 aliphatic rings. The van der Waals surface area contributed by atoms with Crippen molar-refractivity contribution in [3.63, 3.8) is 0 Å². The molecular formula is C12H17N3O2S. The number of thiophene rings is 1. The van der Waals surface area contributed by atoms with Gasteiger partial charge in [0, 0.05) is 33.2 Å². The number of carbonyl (C=O) groups excluding carboxylic acids is 2. The molecule has 2 rings (SSSR count). The highest BCUT2D eigenvalue weighted by Crippen LogP contribution is 2.14. The standard InChI is InChI=1S/C12H17N3O2S/c1-13-12(17)15-6-3-5-14(7-8-15)11(16)10-4-2-9-18-10/h2,4,9H,3,5-8H2,1H3,(H,13,17). The fraction of sp³-hybridized carbons (Fsp3) is 0.500. The van der Waals surface area contributed by atoms with E-state index >= 15 is 0 Å². The van der Waals surface area contributed by atoms with Gasteiger partial charge in [-0.3, -0.25) is 4.79 Å². The number of urea groups is 1. The summed E-state index contributed by atoms with van der Waals surface area (Å²) in [5.74, 6) is 0.0729. The lowest BCUT2D eigenvalue weighted by atomic mass is 10.3. The average molecular weight is 267 g/mol. The third kappa shape index (κ3) is 2.81. The molecule has 6 heteroatoms. The third-order valence-electron chi connectivity index (χ3n) is 3.02. The second-order valence-electron chi connectivity index (χ2n) is 4.17. The second kappa shape index (κ2) is 5.86. The quantitative estimate of drug-likeness (QED) is 0.832. The van der Waals surface area contributed by atoms with Gasteiger partial charge < -0.3 is 15.1 Å². The van der Waals surface area contributed by atoms with E-state index in [2.05, 4.69) is 5.32 Å². The number of hydrogen-bond donors (Lipinski definition) is 1. The maximum Gasteiger partial charge on any atom is 0.317 e. The van der Waals surface area contributed by atoms with E-state index in [0.717, 1.165) is 11.3 Å². The number of nitrogens with one attached hydrogen (secondary N) is 1. The van der Waals surface area contributed by atoms with E-state index in [4.69, 9.17) is 0 Å². The third-order valence-corrected chi connectivity index (χ3v) is 3.87. The molecule has 0 saturated carbocycles. The zero-order valence-corrected chi connectivity index (χ0v) is 11.2. The van der Waals surface area contributed by atoms with Crippen molar-refractivity contribution in [2.75, 3.05) is 33.2 Å². The Morgan fingerprint density at radius 2 is 1.94 bits per heavy atom. The van der Waals surface area contributed by atoms with Gasteiger partial charge in [-0.05, 0) is 17.9 Å². The fourth-order valence-corrected chi connectivity index (χ4v) is 2.73. The SMILES string of the molecule is CNC(=O)N1CCCN(C(=O)c2cccs2)CC1. The van der Waals surface area contributed by atoms with Crippen LogP contribution in [-0.4, -0.2) is 55.0 Å². The number of hydrogen-bond acceptors (Lipinski definition) is 3. The Balaban J connectivity index is 1.97. The molecule has 0 atom stereocenters. The van der Waals surface area contributed by atoms with Gasteiger partial charge in [-0.25, -0.2) is 4.79 Å². The molecule has 98 valence electrons. The molecular weight excluding hydrogens is 250 g/mol. The van der Waals surface area contributed by atoms with Crippen molar-refractivity contribution >= 4 is 23.3 Å². The van der Waals surface area contributed by atoms with E-state index in [1.54, 1.807) is 11.9 Å². The second-order valence-corrected chi connectivity index (χ2v) is 5.11. The molecule has 2 heterocycles. The van der Waals surface area contributed by atoms with Crippen LogP contribution in [0.2, 0.25) is 0 Å². The first-order chi connectivity index (χ1) is 8.72. The molecule has 0 radical (unpaired) electrons. The average Bonchev–Trinajstić information content (AvgIpc) is 2.81. The largest absolute Gasteiger partial charge is 0.341 e. The highest BCUT2D eigenvalue weighted by molar-refractivity contribution is 7.12. The van der Waals surface area contributed by atoms with Crippen LogP contribution < -0.4 is 5.32 Å². The summed E-state index contributed by atoms with van der Waals surface area (Å²) in [6, 6.07) is 3.65. The summed E-state index contributed by atoms with van der Waals surface area (Å²) >= 11 is 1.46. The lowest BCUT2D eigenvalue weighted by Crippen LogP contribution is -2.41. The number of rotatable bonds is 1. The van der Waals surface area contributed by atoms with E-state index in [9.17, 15) is 9.59 Å². The number of amides is 3. The van der Waals surface area contributed by atoms with Gasteiger partial charge in [-0.2, -0.15) is 0 Å². The van der Waals surface area contributed by atoms with Gasteiger partial charge in [0.25, 0.3) is 5.91 Å². The Bertz CT molecular complexity index is 419. The van der Waals surface area contributed by atoms with Crippen LogP contribution in [-0.2, 0) is 0 Å². The van der Waals surface area contributed by atoms with Crippen molar-refractivity contribution in [2.45, 2.75) is 6.42 Å². The smallest absolute Gasteiger partial charge is 0.317 e. The molecule has 0 unspecified atom stereocenters. The van der Waals surface area contributed by atoms with Crippen LogP contribution in [0.1, 0.15) is 16.1 Å². The molecule has 0 aliphatic carbocycles. The van der Waals surface area contributed by atoms with Gasteiger partial charge in [-0.15, -0.1) is 11.3 Å². The topological polar surface area (TPSA) is 52.7 Å². The Morgan fingerprint density at radius 1 is 1.22 bits per heavy atom. The minimum Gasteiger partial charge on any atom is -0.341 e. The summed E-state index contributed by atoms with van der Waals surface area (Å²) < 4.78 is 0. The van der Waals surface area contributed by atoms with Crippen molar-refractivity contribution in [3.05, 3.63) is 22.4 Å². The molecule has 18 heavy (non-hydrogen) atoms. The van der Waals surface area contributed by atoms with Crippen LogP contribution >= 0.6 is 11.3 Å². The zero-order chi connectivity index (χ0) is 13.0. The van der Waals surface area contributed by atoms with Gasteiger partial charge in [-0.1, -0.05) is 6.07 Å². The fourth-order valence-electron chi connectivity index (χ4n) is 2.04. The molecule has 1 N–H and O–H groups in total. The van der Waals surface area contributed by atoms with E-state index in [-0.39, 0.29) is 11.9 Å².